The van der Waals surface area contributed by atoms with Crippen molar-refractivity contribution in [1.29, 1.82) is 0 Å². The Hall–Kier alpha value is -1.95. The summed E-state index contributed by atoms with van der Waals surface area (Å²) in [5.41, 5.74) is 3.64. The van der Waals surface area contributed by atoms with Crippen molar-refractivity contribution < 1.29 is 9.47 Å². The fraction of sp³-hybridized carbons (Fsp3) is 0.417. The third kappa shape index (κ3) is 2.48. The second-order valence-electron chi connectivity index (χ2n) is 4.42. The maximum absolute atomic E-state index is 5.42. The predicted molar refractivity (Wildman–Crippen MR) is 67.2 cm³/mol. The van der Waals surface area contributed by atoms with Crippen LogP contribution in [0.25, 0.3) is 0 Å². The normalized spacial score (nSPS) is 17.7. The first-order valence-electron chi connectivity index (χ1n) is 6.01. The molecule has 1 aliphatic carbocycles. The number of ether oxygens (including phenoxy) is 2. The lowest BCUT2D eigenvalue weighted by molar-refractivity contribution is 0.174. The molecule has 0 bridgehead atoms. The van der Waals surface area contributed by atoms with Crippen molar-refractivity contribution in [3.63, 3.8) is 0 Å². The summed E-state index contributed by atoms with van der Waals surface area (Å²) in [6.07, 6.45) is 2.37. The Morgan fingerprint density at radius 1 is 1.33 bits per heavy atom. The molecule has 3 rings (SSSR count). The summed E-state index contributed by atoms with van der Waals surface area (Å²) in [5.74, 6) is 7.62. The van der Waals surface area contributed by atoms with Crippen LogP contribution in [0.5, 0.6) is 11.5 Å². The van der Waals surface area contributed by atoms with Gasteiger partial charge in [0.05, 0.1) is 6.54 Å². The summed E-state index contributed by atoms with van der Waals surface area (Å²) in [6, 6.07) is 6.34. The van der Waals surface area contributed by atoms with Gasteiger partial charge >= 0.3 is 0 Å². The third-order valence-electron chi connectivity index (χ3n) is 2.91. The van der Waals surface area contributed by atoms with Gasteiger partial charge in [-0.15, -0.1) is 0 Å². The highest BCUT2D eigenvalue weighted by molar-refractivity contribution is 5.79. The van der Waals surface area contributed by atoms with Gasteiger partial charge in [-0.05, 0) is 30.5 Å². The van der Waals surface area contributed by atoms with Crippen LogP contribution in [0.4, 0.5) is 0 Å². The second kappa shape index (κ2) is 4.73. The van der Waals surface area contributed by atoms with E-state index in [4.69, 9.17) is 15.3 Å². The van der Waals surface area contributed by atoms with Crippen LogP contribution in [-0.2, 0) is 6.54 Å². The van der Waals surface area contributed by atoms with E-state index in [0.717, 1.165) is 17.1 Å². The minimum absolute atomic E-state index is 0.293. The maximum Gasteiger partial charge on any atom is 0.231 e. The molecule has 6 nitrogen and oxygen atoms in total. The molecule has 1 aliphatic heterocycles. The highest BCUT2D eigenvalue weighted by atomic mass is 16.7. The van der Waals surface area contributed by atoms with Crippen LogP contribution in [0.1, 0.15) is 18.4 Å². The van der Waals surface area contributed by atoms with Gasteiger partial charge in [0.15, 0.2) is 11.5 Å². The number of guanidine groups is 1. The maximum atomic E-state index is 5.42. The molecule has 1 aromatic carbocycles. The molecule has 0 aromatic heterocycles. The number of hydrazine groups is 1. The van der Waals surface area contributed by atoms with Gasteiger partial charge in [0, 0.05) is 6.04 Å². The van der Waals surface area contributed by atoms with E-state index in [1.807, 2.05) is 18.2 Å². The van der Waals surface area contributed by atoms with Gasteiger partial charge in [0.25, 0.3) is 0 Å². The lowest BCUT2D eigenvalue weighted by Gasteiger charge is -2.07. The molecule has 1 saturated carbocycles. The zero-order valence-electron chi connectivity index (χ0n) is 9.98. The monoisotopic (exact) mass is 248 g/mol. The fourth-order valence-corrected chi connectivity index (χ4v) is 1.76. The molecule has 1 aromatic rings. The summed E-state index contributed by atoms with van der Waals surface area (Å²) >= 11 is 0. The third-order valence-corrected chi connectivity index (χ3v) is 2.91. The largest absolute Gasteiger partial charge is 0.454 e. The highest BCUT2D eigenvalue weighted by Crippen LogP contribution is 2.32. The molecule has 0 unspecified atom stereocenters. The Labute approximate surface area is 105 Å². The number of rotatable bonds is 3. The Kier molecular flexibility index (Phi) is 2.93. The van der Waals surface area contributed by atoms with E-state index < -0.39 is 0 Å². The summed E-state index contributed by atoms with van der Waals surface area (Å²) in [6.45, 7) is 0.844. The van der Waals surface area contributed by atoms with Crippen molar-refractivity contribution in [2.24, 2.45) is 10.8 Å². The molecule has 6 heteroatoms. The van der Waals surface area contributed by atoms with Crippen molar-refractivity contribution in [2.75, 3.05) is 6.79 Å². The lowest BCUT2D eigenvalue weighted by atomic mass is 10.2. The minimum atomic E-state index is 0.293. The number of nitrogens with two attached hydrogens (primary N) is 1. The average Bonchev–Trinajstić information content (AvgIpc) is 3.09. The van der Waals surface area contributed by atoms with Crippen molar-refractivity contribution in [3.05, 3.63) is 23.8 Å². The van der Waals surface area contributed by atoms with Crippen LogP contribution in [0.2, 0.25) is 0 Å². The smallest absolute Gasteiger partial charge is 0.231 e. The average molecular weight is 248 g/mol. The zero-order chi connectivity index (χ0) is 12.4. The van der Waals surface area contributed by atoms with E-state index in [1.54, 1.807) is 0 Å². The van der Waals surface area contributed by atoms with E-state index >= 15 is 0 Å². The quantitative estimate of drug-likeness (QED) is 0.314. The standard InChI is InChI=1S/C12H16N4O2/c13-16-12(15-9-2-3-9)14-6-8-1-4-10-11(5-8)18-7-17-10/h1,4-5,9H,2-3,6-7,13H2,(H2,14,15,16). The molecule has 4 N–H and O–H groups in total. The van der Waals surface area contributed by atoms with Gasteiger partial charge in [-0.2, -0.15) is 0 Å². The number of fused-ring (bicyclic) bond motifs is 1. The molecule has 0 amide bonds. The first kappa shape index (κ1) is 11.2. The van der Waals surface area contributed by atoms with E-state index in [0.29, 0.717) is 25.3 Å². The molecule has 1 fully saturated rings. The van der Waals surface area contributed by atoms with Crippen molar-refractivity contribution in [3.8, 4) is 11.5 Å². The van der Waals surface area contributed by atoms with Crippen LogP contribution in [0.15, 0.2) is 23.2 Å². The first-order chi connectivity index (χ1) is 8.85. The van der Waals surface area contributed by atoms with Gasteiger partial charge in [-0.1, -0.05) is 6.07 Å². The molecule has 0 atom stereocenters. The van der Waals surface area contributed by atoms with E-state index in [2.05, 4.69) is 15.7 Å². The highest BCUT2D eigenvalue weighted by Gasteiger charge is 2.22. The van der Waals surface area contributed by atoms with Gasteiger partial charge in [-0.3, -0.25) is 5.43 Å². The van der Waals surface area contributed by atoms with Crippen molar-refractivity contribution in [1.82, 2.24) is 10.7 Å². The number of aliphatic imine (C=N–C) groups is 1. The number of benzene rings is 1. The number of hydrogen-bond acceptors (Lipinski definition) is 4. The Balaban J connectivity index is 1.65. The van der Waals surface area contributed by atoms with E-state index in [9.17, 15) is 0 Å². The molecule has 0 radical (unpaired) electrons. The molecule has 2 aliphatic rings. The summed E-state index contributed by atoms with van der Waals surface area (Å²) < 4.78 is 10.6. The van der Waals surface area contributed by atoms with Gasteiger partial charge in [-0.25, -0.2) is 10.8 Å². The van der Waals surface area contributed by atoms with Crippen LogP contribution >= 0.6 is 0 Å². The summed E-state index contributed by atoms with van der Waals surface area (Å²) in [4.78, 5) is 4.39. The van der Waals surface area contributed by atoms with E-state index in [1.165, 1.54) is 12.8 Å². The molecular weight excluding hydrogens is 232 g/mol. The number of nitrogens with zero attached hydrogens (tertiary/aromatic N) is 1. The van der Waals surface area contributed by atoms with Gasteiger partial charge in [0.1, 0.15) is 0 Å². The summed E-state index contributed by atoms with van der Waals surface area (Å²) in [5, 5.41) is 3.22. The van der Waals surface area contributed by atoms with Crippen LogP contribution in [0.3, 0.4) is 0 Å². The topological polar surface area (TPSA) is 80.9 Å². The van der Waals surface area contributed by atoms with Gasteiger partial charge < -0.3 is 14.8 Å². The van der Waals surface area contributed by atoms with Gasteiger partial charge in [0.2, 0.25) is 12.8 Å². The molecule has 0 saturated heterocycles. The number of hydrogen-bond donors (Lipinski definition) is 3. The SMILES string of the molecule is NNC(=NCc1ccc2c(c1)OCO2)NC1CC1. The molecule has 96 valence electrons. The second-order valence-corrected chi connectivity index (χ2v) is 4.42. The lowest BCUT2D eigenvalue weighted by Crippen LogP contribution is -2.42. The Morgan fingerprint density at radius 2 is 2.17 bits per heavy atom. The molecule has 1 heterocycles. The molecule has 0 spiro atoms. The van der Waals surface area contributed by atoms with Crippen LogP contribution in [-0.4, -0.2) is 18.8 Å². The van der Waals surface area contributed by atoms with Crippen molar-refractivity contribution >= 4 is 5.96 Å². The molecular formula is C12H16N4O2. The summed E-state index contributed by atoms with van der Waals surface area (Å²) in [7, 11) is 0. The molecule has 18 heavy (non-hydrogen) atoms. The first-order valence-corrected chi connectivity index (χ1v) is 6.01. The Morgan fingerprint density at radius 3 is 2.94 bits per heavy atom. The minimum Gasteiger partial charge on any atom is -0.454 e. The predicted octanol–water partition coefficient (Wildman–Crippen LogP) is 0.487. The number of nitrogens with one attached hydrogen (secondary N) is 2. The van der Waals surface area contributed by atoms with Crippen LogP contribution < -0.4 is 26.1 Å². The van der Waals surface area contributed by atoms with Crippen molar-refractivity contribution in [2.45, 2.75) is 25.4 Å². The van der Waals surface area contributed by atoms with Crippen LogP contribution in [0, 0.1) is 0 Å². The zero-order valence-corrected chi connectivity index (χ0v) is 9.98. The Bertz CT molecular complexity index is 471. The van der Waals surface area contributed by atoms with E-state index in [-0.39, 0.29) is 0 Å². The fourth-order valence-electron chi connectivity index (χ4n) is 1.76.